The Morgan fingerprint density at radius 3 is 2.40 bits per heavy atom. The fourth-order valence-electron chi connectivity index (χ4n) is 1.73. The van der Waals surface area contributed by atoms with Crippen LogP contribution in [0.3, 0.4) is 0 Å². The number of nitrogens with one attached hydrogen (secondary N) is 1. The first kappa shape index (κ1) is 12.3. The van der Waals surface area contributed by atoms with E-state index in [0.717, 1.165) is 24.5 Å². The third kappa shape index (κ3) is 3.38. The SMILES string of the molecule is CCCNC(c1ccc(C)o1)C(C)(C)C. The molecule has 86 valence electrons. The summed E-state index contributed by atoms with van der Waals surface area (Å²) < 4.78 is 5.71. The van der Waals surface area contributed by atoms with E-state index in [2.05, 4.69) is 39.1 Å². The Labute approximate surface area is 93.1 Å². The lowest BCUT2D eigenvalue weighted by Crippen LogP contribution is -2.32. The van der Waals surface area contributed by atoms with Gasteiger partial charge in [0.05, 0.1) is 6.04 Å². The summed E-state index contributed by atoms with van der Waals surface area (Å²) in [6.07, 6.45) is 1.15. The first-order valence-electron chi connectivity index (χ1n) is 5.75. The molecule has 15 heavy (non-hydrogen) atoms. The number of furan rings is 1. The van der Waals surface area contributed by atoms with E-state index in [9.17, 15) is 0 Å². The summed E-state index contributed by atoms with van der Waals surface area (Å²) >= 11 is 0. The molecule has 0 aliphatic heterocycles. The molecule has 0 aromatic carbocycles. The summed E-state index contributed by atoms with van der Waals surface area (Å²) in [5.41, 5.74) is 0.180. The van der Waals surface area contributed by atoms with Gasteiger partial charge in [-0.05, 0) is 37.4 Å². The number of hydrogen-bond donors (Lipinski definition) is 1. The van der Waals surface area contributed by atoms with E-state index in [4.69, 9.17) is 4.42 Å². The van der Waals surface area contributed by atoms with Gasteiger partial charge in [-0.15, -0.1) is 0 Å². The molecule has 0 aliphatic rings. The highest BCUT2D eigenvalue weighted by Gasteiger charge is 2.27. The molecule has 1 N–H and O–H groups in total. The van der Waals surface area contributed by atoms with Crippen molar-refractivity contribution in [3.63, 3.8) is 0 Å². The van der Waals surface area contributed by atoms with Crippen molar-refractivity contribution in [3.05, 3.63) is 23.7 Å². The van der Waals surface area contributed by atoms with Crippen LogP contribution in [0.25, 0.3) is 0 Å². The van der Waals surface area contributed by atoms with Gasteiger partial charge in [0.25, 0.3) is 0 Å². The summed E-state index contributed by atoms with van der Waals surface area (Å²) in [7, 11) is 0. The van der Waals surface area contributed by atoms with Crippen molar-refractivity contribution < 1.29 is 4.42 Å². The topological polar surface area (TPSA) is 25.2 Å². The van der Waals surface area contributed by atoms with E-state index in [-0.39, 0.29) is 5.41 Å². The van der Waals surface area contributed by atoms with Gasteiger partial charge in [0, 0.05) is 0 Å². The Morgan fingerprint density at radius 2 is 2.00 bits per heavy atom. The van der Waals surface area contributed by atoms with E-state index in [1.54, 1.807) is 0 Å². The van der Waals surface area contributed by atoms with Gasteiger partial charge in [0.2, 0.25) is 0 Å². The third-order valence-corrected chi connectivity index (χ3v) is 2.51. The maximum absolute atomic E-state index is 5.71. The maximum atomic E-state index is 5.71. The van der Waals surface area contributed by atoms with Crippen LogP contribution in [0.4, 0.5) is 0 Å². The molecule has 1 aromatic rings. The third-order valence-electron chi connectivity index (χ3n) is 2.51. The highest BCUT2D eigenvalue weighted by atomic mass is 16.3. The van der Waals surface area contributed by atoms with Gasteiger partial charge >= 0.3 is 0 Å². The normalized spacial score (nSPS) is 14.2. The number of rotatable bonds is 4. The number of hydrogen-bond acceptors (Lipinski definition) is 2. The van der Waals surface area contributed by atoms with Crippen LogP contribution in [0, 0.1) is 12.3 Å². The Balaban J connectivity index is 2.81. The van der Waals surface area contributed by atoms with Crippen LogP contribution in [-0.2, 0) is 0 Å². The largest absolute Gasteiger partial charge is 0.465 e. The van der Waals surface area contributed by atoms with Crippen LogP contribution in [0.1, 0.15) is 51.7 Å². The Kier molecular flexibility index (Phi) is 3.97. The van der Waals surface area contributed by atoms with Crippen LogP contribution in [0.15, 0.2) is 16.5 Å². The minimum absolute atomic E-state index is 0.180. The minimum Gasteiger partial charge on any atom is -0.465 e. The molecule has 2 nitrogen and oxygen atoms in total. The van der Waals surface area contributed by atoms with Gasteiger partial charge in [-0.2, -0.15) is 0 Å². The van der Waals surface area contributed by atoms with E-state index in [1.807, 2.05) is 13.0 Å². The average Bonchev–Trinajstić information content (AvgIpc) is 2.50. The van der Waals surface area contributed by atoms with Crippen LogP contribution < -0.4 is 5.32 Å². The fourth-order valence-corrected chi connectivity index (χ4v) is 1.73. The van der Waals surface area contributed by atoms with Crippen molar-refractivity contribution in [2.75, 3.05) is 6.54 Å². The molecule has 0 spiro atoms. The summed E-state index contributed by atoms with van der Waals surface area (Å²) in [5, 5.41) is 3.55. The summed E-state index contributed by atoms with van der Waals surface area (Å²) in [6, 6.07) is 4.40. The first-order chi connectivity index (χ1) is 6.95. The molecule has 0 amide bonds. The predicted octanol–water partition coefficient (Wildman–Crippen LogP) is 3.67. The molecular weight excluding hydrogens is 186 g/mol. The van der Waals surface area contributed by atoms with Crippen LogP contribution in [-0.4, -0.2) is 6.54 Å². The Hall–Kier alpha value is -0.760. The predicted molar refractivity (Wildman–Crippen MR) is 63.9 cm³/mol. The van der Waals surface area contributed by atoms with Crippen molar-refractivity contribution in [1.29, 1.82) is 0 Å². The Morgan fingerprint density at radius 1 is 1.33 bits per heavy atom. The van der Waals surface area contributed by atoms with Gasteiger partial charge < -0.3 is 9.73 Å². The molecule has 1 rings (SSSR count). The number of aryl methyl sites for hydroxylation is 1. The highest BCUT2D eigenvalue weighted by molar-refractivity contribution is 5.12. The molecule has 0 aliphatic carbocycles. The summed E-state index contributed by atoms with van der Waals surface area (Å²) in [5.74, 6) is 2.03. The lowest BCUT2D eigenvalue weighted by atomic mass is 9.85. The highest BCUT2D eigenvalue weighted by Crippen LogP contribution is 2.33. The van der Waals surface area contributed by atoms with Gasteiger partial charge in [-0.3, -0.25) is 0 Å². The van der Waals surface area contributed by atoms with Crippen molar-refractivity contribution in [3.8, 4) is 0 Å². The van der Waals surface area contributed by atoms with Gasteiger partial charge in [-0.1, -0.05) is 27.7 Å². The van der Waals surface area contributed by atoms with Crippen LogP contribution >= 0.6 is 0 Å². The second-order valence-electron chi connectivity index (χ2n) is 5.20. The first-order valence-corrected chi connectivity index (χ1v) is 5.75. The van der Waals surface area contributed by atoms with Crippen LogP contribution in [0.2, 0.25) is 0 Å². The van der Waals surface area contributed by atoms with Gasteiger partial charge in [-0.25, -0.2) is 0 Å². The average molecular weight is 209 g/mol. The second-order valence-corrected chi connectivity index (χ2v) is 5.20. The standard InChI is InChI=1S/C13H23NO/c1-6-9-14-12(13(3,4)5)11-8-7-10(2)15-11/h7-8,12,14H,6,9H2,1-5H3. The maximum Gasteiger partial charge on any atom is 0.121 e. The molecular formula is C13H23NO. The Bertz CT molecular complexity index is 296. The zero-order valence-electron chi connectivity index (χ0n) is 10.6. The van der Waals surface area contributed by atoms with Crippen molar-refractivity contribution in [1.82, 2.24) is 5.32 Å². The molecule has 2 heteroatoms. The molecule has 1 atom stereocenters. The monoisotopic (exact) mass is 209 g/mol. The zero-order valence-corrected chi connectivity index (χ0v) is 10.6. The lowest BCUT2D eigenvalue weighted by molar-refractivity contribution is 0.236. The second kappa shape index (κ2) is 4.84. The van der Waals surface area contributed by atoms with Crippen molar-refractivity contribution in [2.45, 2.75) is 47.1 Å². The molecule has 0 radical (unpaired) electrons. The molecule has 0 bridgehead atoms. The van der Waals surface area contributed by atoms with Crippen molar-refractivity contribution in [2.24, 2.45) is 5.41 Å². The minimum atomic E-state index is 0.180. The fraction of sp³-hybridized carbons (Fsp3) is 0.692. The smallest absolute Gasteiger partial charge is 0.121 e. The molecule has 1 aromatic heterocycles. The lowest BCUT2D eigenvalue weighted by Gasteiger charge is -2.30. The quantitative estimate of drug-likeness (QED) is 0.818. The molecule has 0 saturated carbocycles. The van der Waals surface area contributed by atoms with E-state index >= 15 is 0 Å². The molecule has 1 unspecified atom stereocenters. The molecule has 1 heterocycles. The molecule has 0 saturated heterocycles. The van der Waals surface area contributed by atoms with Crippen LogP contribution in [0.5, 0.6) is 0 Å². The zero-order chi connectivity index (χ0) is 11.5. The van der Waals surface area contributed by atoms with Gasteiger partial charge in [0.1, 0.15) is 11.5 Å². The van der Waals surface area contributed by atoms with Gasteiger partial charge in [0.15, 0.2) is 0 Å². The summed E-state index contributed by atoms with van der Waals surface area (Å²) in [4.78, 5) is 0. The van der Waals surface area contributed by atoms with E-state index in [0.29, 0.717) is 6.04 Å². The van der Waals surface area contributed by atoms with E-state index < -0.39 is 0 Å². The van der Waals surface area contributed by atoms with Crippen molar-refractivity contribution >= 4 is 0 Å². The molecule has 0 fully saturated rings. The summed E-state index contributed by atoms with van der Waals surface area (Å²) in [6.45, 7) is 11.9. The van der Waals surface area contributed by atoms with E-state index in [1.165, 1.54) is 0 Å².